The molecule has 4 N–H and O–H groups in total. The monoisotopic (exact) mass is 343 g/mol. The van der Waals surface area contributed by atoms with E-state index >= 15 is 0 Å². The van der Waals surface area contributed by atoms with E-state index in [1.165, 1.54) is 12.1 Å². The molecule has 6 heteroatoms. The average molecular weight is 343 g/mol. The fourth-order valence-corrected chi connectivity index (χ4v) is 2.38. The van der Waals surface area contributed by atoms with E-state index in [1.807, 2.05) is 20.8 Å². The number of amides is 3. The van der Waals surface area contributed by atoms with E-state index in [-0.39, 0.29) is 17.3 Å². The predicted molar refractivity (Wildman–Crippen MR) is 96.1 cm³/mol. The van der Waals surface area contributed by atoms with Crippen LogP contribution in [0.3, 0.4) is 0 Å². The molecule has 0 fully saturated rings. The van der Waals surface area contributed by atoms with E-state index in [1.54, 1.807) is 30.3 Å². The number of aryl methyl sites for hydroxylation is 1. The van der Waals surface area contributed by atoms with Gasteiger partial charge in [0.1, 0.15) is 5.82 Å². The summed E-state index contributed by atoms with van der Waals surface area (Å²) < 4.78 is 13.0. The van der Waals surface area contributed by atoms with Crippen LogP contribution in [0.1, 0.15) is 35.3 Å². The molecule has 2 aromatic rings. The van der Waals surface area contributed by atoms with Crippen LogP contribution in [0, 0.1) is 12.7 Å². The molecular formula is C19H22FN3O2. The van der Waals surface area contributed by atoms with Gasteiger partial charge in [0, 0.05) is 23.2 Å². The van der Waals surface area contributed by atoms with Crippen LogP contribution in [0.5, 0.6) is 0 Å². The van der Waals surface area contributed by atoms with Crippen molar-refractivity contribution in [2.24, 2.45) is 5.73 Å². The third-order valence-electron chi connectivity index (χ3n) is 4.09. The van der Waals surface area contributed by atoms with Gasteiger partial charge in [0.05, 0.1) is 0 Å². The highest BCUT2D eigenvalue weighted by Crippen LogP contribution is 2.22. The van der Waals surface area contributed by atoms with Gasteiger partial charge < -0.3 is 16.4 Å². The molecule has 0 unspecified atom stereocenters. The molecule has 0 saturated carbocycles. The third-order valence-corrected chi connectivity index (χ3v) is 4.09. The average Bonchev–Trinajstić information content (AvgIpc) is 2.55. The van der Waals surface area contributed by atoms with E-state index in [0.717, 1.165) is 11.1 Å². The van der Waals surface area contributed by atoms with Crippen molar-refractivity contribution in [2.75, 3.05) is 11.9 Å². The zero-order valence-electron chi connectivity index (χ0n) is 14.5. The lowest BCUT2D eigenvalue weighted by molar-refractivity contribution is 0.1000. The van der Waals surface area contributed by atoms with Gasteiger partial charge in [-0.2, -0.15) is 0 Å². The first-order valence-electron chi connectivity index (χ1n) is 7.90. The SMILES string of the molecule is Cc1ccc(C(N)=O)cc1NC(=O)NCC(C)(C)c1ccc(F)cc1. The molecule has 132 valence electrons. The van der Waals surface area contributed by atoms with E-state index in [4.69, 9.17) is 5.73 Å². The molecule has 3 amide bonds. The maximum absolute atomic E-state index is 13.0. The highest BCUT2D eigenvalue weighted by Gasteiger charge is 2.21. The van der Waals surface area contributed by atoms with Crippen molar-refractivity contribution in [3.8, 4) is 0 Å². The Morgan fingerprint density at radius 2 is 1.76 bits per heavy atom. The number of nitrogens with one attached hydrogen (secondary N) is 2. The number of urea groups is 1. The van der Waals surface area contributed by atoms with Gasteiger partial charge in [-0.25, -0.2) is 9.18 Å². The molecule has 0 aromatic heterocycles. The van der Waals surface area contributed by atoms with E-state index in [2.05, 4.69) is 10.6 Å². The molecule has 0 saturated heterocycles. The Hall–Kier alpha value is -2.89. The summed E-state index contributed by atoms with van der Waals surface area (Å²) in [5.41, 5.74) is 7.48. The quantitative estimate of drug-likeness (QED) is 0.778. The highest BCUT2D eigenvalue weighted by molar-refractivity contribution is 5.96. The normalized spacial score (nSPS) is 11.0. The van der Waals surface area contributed by atoms with Crippen LogP contribution in [0.15, 0.2) is 42.5 Å². The number of primary amides is 1. The molecule has 0 aliphatic heterocycles. The van der Waals surface area contributed by atoms with Crippen LogP contribution in [0.25, 0.3) is 0 Å². The van der Waals surface area contributed by atoms with Crippen LogP contribution in [-0.4, -0.2) is 18.5 Å². The Balaban J connectivity index is 2.02. The molecule has 0 bridgehead atoms. The summed E-state index contributed by atoms with van der Waals surface area (Å²) in [6.45, 7) is 6.10. The molecule has 25 heavy (non-hydrogen) atoms. The number of carbonyl (C=O) groups excluding carboxylic acids is 2. The lowest BCUT2D eigenvalue weighted by Gasteiger charge is -2.26. The Bertz CT molecular complexity index is 786. The van der Waals surface area contributed by atoms with E-state index in [0.29, 0.717) is 17.8 Å². The fraction of sp³-hybridized carbons (Fsp3) is 0.263. The fourth-order valence-electron chi connectivity index (χ4n) is 2.38. The van der Waals surface area contributed by atoms with Crippen molar-refractivity contribution >= 4 is 17.6 Å². The zero-order valence-corrected chi connectivity index (χ0v) is 14.5. The van der Waals surface area contributed by atoms with Gasteiger partial charge in [-0.05, 0) is 42.3 Å². The number of nitrogens with two attached hydrogens (primary N) is 1. The number of hydrogen-bond acceptors (Lipinski definition) is 2. The summed E-state index contributed by atoms with van der Waals surface area (Å²) in [5, 5.41) is 5.52. The second kappa shape index (κ2) is 7.34. The molecule has 0 atom stereocenters. The first-order valence-corrected chi connectivity index (χ1v) is 7.90. The molecule has 2 aromatic carbocycles. The smallest absolute Gasteiger partial charge is 0.319 e. The number of hydrogen-bond donors (Lipinski definition) is 3. The topological polar surface area (TPSA) is 84.2 Å². The van der Waals surface area contributed by atoms with Gasteiger partial charge in [-0.15, -0.1) is 0 Å². The highest BCUT2D eigenvalue weighted by atomic mass is 19.1. The Morgan fingerprint density at radius 1 is 1.12 bits per heavy atom. The van der Waals surface area contributed by atoms with Crippen LogP contribution >= 0.6 is 0 Å². The lowest BCUT2D eigenvalue weighted by Crippen LogP contribution is -2.39. The summed E-state index contributed by atoms with van der Waals surface area (Å²) in [4.78, 5) is 23.4. The number of halogens is 1. The van der Waals surface area contributed by atoms with E-state index < -0.39 is 5.91 Å². The molecular weight excluding hydrogens is 321 g/mol. The first kappa shape index (κ1) is 18.4. The molecule has 0 aliphatic rings. The number of benzene rings is 2. The van der Waals surface area contributed by atoms with Crippen molar-refractivity contribution in [1.29, 1.82) is 0 Å². The first-order chi connectivity index (χ1) is 11.7. The third kappa shape index (κ3) is 4.79. The molecule has 0 aliphatic carbocycles. The van der Waals surface area contributed by atoms with Crippen molar-refractivity contribution in [2.45, 2.75) is 26.2 Å². The van der Waals surface area contributed by atoms with Crippen LogP contribution in [-0.2, 0) is 5.41 Å². The van der Waals surface area contributed by atoms with Crippen LogP contribution in [0.4, 0.5) is 14.9 Å². The predicted octanol–water partition coefficient (Wildman–Crippen LogP) is 3.33. The van der Waals surface area contributed by atoms with Crippen LogP contribution < -0.4 is 16.4 Å². The van der Waals surface area contributed by atoms with Gasteiger partial charge in [0.15, 0.2) is 0 Å². The maximum atomic E-state index is 13.0. The zero-order chi connectivity index (χ0) is 18.6. The Labute approximate surface area is 146 Å². The van der Waals surface area contributed by atoms with Crippen LogP contribution in [0.2, 0.25) is 0 Å². The second-order valence-corrected chi connectivity index (χ2v) is 6.59. The minimum Gasteiger partial charge on any atom is -0.366 e. The summed E-state index contributed by atoms with van der Waals surface area (Å²) >= 11 is 0. The summed E-state index contributed by atoms with van der Waals surface area (Å²) in [7, 11) is 0. The van der Waals surface area contributed by atoms with Crippen molar-refractivity contribution < 1.29 is 14.0 Å². The summed E-state index contributed by atoms with van der Waals surface area (Å²) in [6.07, 6.45) is 0. The summed E-state index contributed by atoms with van der Waals surface area (Å²) in [6, 6.07) is 10.7. The number of anilines is 1. The van der Waals surface area contributed by atoms with Gasteiger partial charge in [-0.1, -0.05) is 32.0 Å². The molecule has 2 rings (SSSR count). The molecule has 0 heterocycles. The number of carbonyl (C=O) groups is 2. The number of rotatable bonds is 5. The van der Waals surface area contributed by atoms with Gasteiger partial charge in [-0.3, -0.25) is 4.79 Å². The maximum Gasteiger partial charge on any atom is 0.319 e. The molecule has 0 spiro atoms. The minimum absolute atomic E-state index is 0.296. The summed E-state index contributed by atoms with van der Waals surface area (Å²) in [5.74, 6) is -0.851. The Kier molecular flexibility index (Phi) is 5.41. The molecule has 5 nitrogen and oxygen atoms in total. The largest absolute Gasteiger partial charge is 0.366 e. The van der Waals surface area contributed by atoms with Crippen molar-refractivity contribution in [3.63, 3.8) is 0 Å². The van der Waals surface area contributed by atoms with Gasteiger partial charge in [0.25, 0.3) is 0 Å². The van der Waals surface area contributed by atoms with Gasteiger partial charge in [0.2, 0.25) is 5.91 Å². The van der Waals surface area contributed by atoms with Crippen molar-refractivity contribution in [1.82, 2.24) is 5.32 Å². The van der Waals surface area contributed by atoms with Gasteiger partial charge >= 0.3 is 6.03 Å². The van der Waals surface area contributed by atoms with E-state index in [9.17, 15) is 14.0 Å². The lowest BCUT2D eigenvalue weighted by atomic mass is 9.84. The minimum atomic E-state index is -0.555. The second-order valence-electron chi connectivity index (χ2n) is 6.59. The Morgan fingerprint density at radius 3 is 2.36 bits per heavy atom. The standard InChI is InChI=1S/C19H22FN3O2/c1-12-4-5-13(17(21)24)10-16(12)23-18(25)22-11-19(2,3)14-6-8-15(20)9-7-14/h4-10H,11H2,1-3H3,(H2,21,24)(H2,22,23,25). The van der Waals surface area contributed by atoms with Crippen molar-refractivity contribution in [3.05, 3.63) is 65.0 Å². The molecule has 0 radical (unpaired) electrons.